The molecule has 2 aliphatic heterocycles. The summed E-state index contributed by atoms with van der Waals surface area (Å²) in [6.45, 7) is 3.80. The molecule has 1 aromatic rings. The highest BCUT2D eigenvalue weighted by atomic mass is 19.4. The van der Waals surface area contributed by atoms with E-state index in [1.807, 2.05) is 0 Å². The van der Waals surface area contributed by atoms with E-state index in [1.54, 1.807) is 11.8 Å². The quantitative estimate of drug-likeness (QED) is 0.680. The maximum absolute atomic E-state index is 12.8. The van der Waals surface area contributed by atoms with Crippen LogP contribution in [-0.2, 0) is 9.63 Å². The van der Waals surface area contributed by atoms with Crippen molar-refractivity contribution in [3.8, 4) is 11.8 Å². The Morgan fingerprint density at radius 3 is 2.74 bits per heavy atom. The van der Waals surface area contributed by atoms with Crippen LogP contribution < -0.4 is 20.8 Å². The molecule has 0 aliphatic carbocycles. The highest BCUT2D eigenvalue weighted by molar-refractivity contribution is 5.80. The van der Waals surface area contributed by atoms with Gasteiger partial charge in [-0.15, -0.1) is 5.92 Å². The summed E-state index contributed by atoms with van der Waals surface area (Å²) >= 11 is 0. The molecule has 0 radical (unpaired) electrons. The molecule has 3 heterocycles. The van der Waals surface area contributed by atoms with Crippen LogP contribution in [0.1, 0.15) is 6.92 Å². The van der Waals surface area contributed by atoms with Crippen molar-refractivity contribution in [2.45, 2.75) is 19.4 Å². The largest absolute Gasteiger partial charge is 0.493 e. The van der Waals surface area contributed by atoms with Crippen molar-refractivity contribution in [1.82, 2.24) is 20.4 Å². The molecule has 1 atom stereocenters. The Hall–Kier alpha value is -2.78. The average Bonchev–Trinajstić information content (AvgIpc) is 2.94. The molecule has 0 aromatic carbocycles. The zero-order valence-electron chi connectivity index (χ0n) is 14.3. The van der Waals surface area contributed by atoms with Gasteiger partial charge in [0.25, 0.3) is 5.56 Å². The number of piperazine rings is 1. The summed E-state index contributed by atoms with van der Waals surface area (Å²) < 4.78 is 38.3. The number of rotatable bonds is 3. The number of H-pyrrole nitrogens is 1. The van der Waals surface area contributed by atoms with Gasteiger partial charge >= 0.3 is 12.1 Å². The SMILES string of the molecule is CC#CCN1c2c(cn[nH]c2=O)N(OC(=O)C(F)(F)F)C1N1CCNCC1. The molecule has 1 fully saturated rings. The van der Waals surface area contributed by atoms with E-state index in [1.165, 1.54) is 4.90 Å². The number of hydrogen-bond acceptors (Lipinski definition) is 8. The molecule has 2 N–H and O–H groups in total. The smallest absolute Gasteiger partial charge is 0.329 e. The maximum Gasteiger partial charge on any atom is 0.493 e. The van der Waals surface area contributed by atoms with Crippen LogP contribution in [-0.4, -0.2) is 66.3 Å². The third kappa shape index (κ3) is 3.69. The molecule has 0 bridgehead atoms. The van der Waals surface area contributed by atoms with Gasteiger partial charge < -0.3 is 15.1 Å². The number of hydroxylamine groups is 1. The predicted octanol–water partition coefficient (Wildman–Crippen LogP) is -0.371. The summed E-state index contributed by atoms with van der Waals surface area (Å²) in [4.78, 5) is 31.8. The van der Waals surface area contributed by atoms with Crippen LogP contribution in [0.2, 0.25) is 0 Å². The number of carbonyl (C=O) groups excluding carboxylic acids is 1. The van der Waals surface area contributed by atoms with Crippen LogP contribution in [0, 0.1) is 11.8 Å². The summed E-state index contributed by atoms with van der Waals surface area (Å²) in [5, 5.41) is 9.80. The number of aromatic amines is 1. The van der Waals surface area contributed by atoms with Gasteiger partial charge in [-0.3, -0.25) is 9.69 Å². The number of halogens is 3. The van der Waals surface area contributed by atoms with Crippen LogP contribution in [0.25, 0.3) is 0 Å². The number of nitrogens with one attached hydrogen (secondary N) is 2. The lowest BCUT2D eigenvalue weighted by Crippen LogP contribution is -2.61. The van der Waals surface area contributed by atoms with E-state index in [4.69, 9.17) is 0 Å². The fraction of sp³-hybridized carbons (Fsp3) is 0.533. The Balaban J connectivity index is 2.05. The average molecular weight is 386 g/mol. The summed E-state index contributed by atoms with van der Waals surface area (Å²) in [7, 11) is 0. The summed E-state index contributed by atoms with van der Waals surface area (Å²) in [6, 6.07) is 0. The zero-order chi connectivity index (χ0) is 19.6. The van der Waals surface area contributed by atoms with E-state index in [2.05, 4.69) is 32.2 Å². The number of anilines is 2. The highest BCUT2D eigenvalue weighted by Gasteiger charge is 2.49. The molecular weight excluding hydrogens is 369 g/mol. The topological polar surface area (TPSA) is 93.8 Å². The Morgan fingerprint density at radius 1 is 1.41 bits per heavy atom. The highest BCUT2D eigenvalue weighted by Crippen LogP contribution is 2.38. The maximum atomic E-state index is 12.8. The normalized spacial score (nSPS) is 20.1. The van der Waals surface area contributed by atoms with Gasteiger partial charge in [-0.25, -0.2) is 9.89 Å². The Kier molecular flexibility index (Phi) is 5.24. The molecule has 1 aromatic heterocycles. The van der Waals surface area contributed by atoms with Crippen LogP contribution in [0.5, 0.6) is 0 Å². The summed E-state index contributed by atoms with van der Waals surface area (Å²) in [5.41, 5.74) is -0.597. The molecule has 27 heavy (non-hydrogen) atoms. The lowest BCUT2D eigenvalue weighted by molar-refractivity contribution is -0.203. The Bertz CT molecular complexity index is 825. The van der Waals surface area contributed by atoms with Gasteiger partial charge in [0.15, 0.2) is 6.29 Å². The van der Waals surface area contributed by atoms with E-state index in [0.29, 0.717) is 26.2 Å². The van der Waals surface area contributed by atoms with Crippen molar-refractivity contribution < 1.29 is 22.8 Å². The van der Waals surface area contributed by atoms with E-state index >= 15 is 0 Å². The standard InChI is InChI=1S/C15H17F3N6O3/c1-2-3-6-23-11-10(9-20-21-12(11)25)24(27-13(26)15(16,17)18)14(23)22-7-4-19-5-8-22/h9,14,19H,4-8H2,1H3,(H,21,25). The van der Waals surface area contributed by atoms with Gasteiger partial charge in [0.05, 0.1) is 12.7 Å². The van der Waals surface area contributed by atoms with Crippen molar-refractivity contribution in [3.05, 3.63) is 16.6 Å². The molecule has 1 saturated heterocycles. The van der Waals surface area contributed by atoms with E-state index in [9.17, 15) is 22.8 Å². The number of fused-ring (bicyclic) bond motifs is 1. The number of nitrogens with zero attached hydrogens (tertiary/aromatic N) is 4. The third-order valence-corrected chi connectivity index (χ3v) is 4.14. The van der Waals surface area contributed by atoms with Crippen LogP contribution in [0.15, 0.2) is 11.0 Å². The molecule has 0 amide bonds. The van der Waals surface area contributed by atoms with Crippen molar-refractivity contribution >= 4 is 17.3 Å². The second-order valence-electron chi connectivity index (χ2n) is 5.82. The molecule has 1 unspecified atom stereocenters. The third-order valence-electron chi connectivity index (χ3n) is 4.14. The van der Waals surface area contributed by atoms with E-state index in [0.717, 1.165) is 11.3 Å². The van der Waals surface area contributed by atoms with Gasteiger partial charge in [0, 0.05) is 26.2 Å². The van der Waals surface area contributed by atoms with Crippen LogP contribution in [0.3, 0.4) is 0 Å². The van der Waals surface area contributed by atoms with Crippen molar-refractivity contribution in [3.63, 3.8) is 0 Å². The van der Waals surface area contributed by atoms with E-state index in [-0.39, 0.29) is 17.9 Å². The summed E-state index contributed by atoms with van der Waals surface area (Å²) in [6.07, 6.45) is -4.98. The molecule has 2 aliphatic rings. The predicted molar refractivity (Wildman–Crippen MR) is 88.5 cm³/mol. The van der Waals surface area contributed by atoms with E-state index < -0.39 is 24.0 Å². The molecule has 146 valence electrons. The van der Waals surface area contributed by atoms with Gasteiger partial charge in [-0.2, -0.15) is 23.3 Å². The summed E-state index contributed by atoms with van der Waals surface area (Å²) in [5.74, 6) is 3.12. The first kappa shape index (κ1) is 19.0. The lowest BCUT2D eigenvalue weighted by atomic mass is 10.3. The van der Waals surface area contributed by atoms with Crippen molar-refractivity contribution in [2.75, 3.05) is 42.7 Å². The van der Waals surface area contributed by atoms with Crippen molar-refractivity contribution in [1.29, 1.82) is 0 Å². The minimum Gasteiger partial charge on any atom is -0.329 e. The Morgan fingerprint density at radius 2 is 2.11 bits per heavy atom. The molecule has 3 rings (SSSR count). The van der Waals surface area contributed by atoms with Crippen LogP contribution >= 0.6 is 0 Å². The number of aromatic nitrogens is 2. The molecule has 9 nitrogen and oxygen atoms in total. The van der Waals surface area contributed by atoms with Gasteiger partial charge in [0.2, 0.25) is 0 Å². The van der Waals surface area contributed by atoms with Crippen molar-refractivity contribution in [2.24, 2.45) is 0 Å². The second-order valence-corrected chi connectivity index (χ2v) is 5.82. The number of carbonyl (C=O) groups is 1. The monoisotopic (exact) mass is 386 g/mol. The minimum atomic E-state index is -5.18. The van der Waals surface area contributed by atoms with Crippen LogP contribution in [0.4, 0.5) is 24.5 Å². The first-order chi connectivity index (χ1) is 12.8. The van der Waals surface area contributed by atoms with Gasteiger partial charge in [-0.1, -0.05) is 5.92 Å². The zero-order valence-corrected chi connectivity index (χ0v) is 14.3. The first-order valence-corrected chi connectivity index (χ1v) is 8.11. The molecule has 0 spiro atoms. The molecular formula is C15H17F3N6O3. The fourth-order valence-electron chi connectivity index (χ4n) is 3.01. The number of alkyl halides is 3. The number of hydrogen-bond donors (Lipinski definition) is 2. The van der Waals surface area contributed by atoms with Gasteiger partial charge in [0.1, 0.15) is 11.4 Å². The molecule has 0 saturated carbocycles. The molecule has 12 heteroatoms. The Labute approximate surface area is 152 Å². The second kappa shape index (κ2) is 7.45. The van der Waals surface area contributed by atoms with Gasteiger partial charge in [-0.05, 0) is 6.92 Å². The minimum absolute atomic E-state index is 0.0298. The first-order valence-electron chi connectivity index (χ1n) is 8.11. The fourth-order valence-corrected chi connectivity index (χ4v) is 3.01. The lowest BCUT2D eigenvalue weighted by Gasteiger charge is -2.40.